The number of aromatic nitrogens is 1. The Morgan fingerprint density at radius 1 is 1.31 bits per heavy atom. The van der Waals surface area contributed by atoms with Gasteiger partial charge in [0, 0.05) is 19.2 Å². The third-order valence-corrected chi connectivity index (χ3v) is 5.08. The molecule has 2 aliphatic heterocycles. The average molecular weight is 400 g/mol. The number of carbonyl (C=O) groups is 1. The molecule has 0 bridgehead atoms. The van der Waals surface area contributed by atoms with Crippen LogP contribution in [-0.4, -0.2) is 46.6 Å². The molecule has 2 aromatic rings. The molecule has 2 atom stereocenters. The number of carbonyl (C=O) groups excluding carboxylic acids is 1. The quantitative estimate of drug-likeness (QED) is 0.761. The molecule has 0 saturated carbocycles. The maximum Gasteiger partial charge on any atom is 0.272 e. The van der Waals surface area contributed by atoms with Gasteiger partial charge in [-0.15, -0.1) is 0 Å². The van der Waals surface area contributed by atoms with Crippen LogP contribution < -0.4 is 11.1 Å². The van der Waals surface area contributed by atoms with Gasteiger partial charge in [0.25, 0.3) is 5.91 Å². The second-order valence-corrected chi connectivity index (χ2v) is 6.84. The zero-order valence-electron chi connectivity index (χ0n) is 15.0. The van der Waals surface area contributed by atoms with E-state index in [1.807, 2.05) is 6.07 Å². The van der Waals surface area contributed by atoms with Crippen molar-refractivity contribution in [3.63, 3.8) is 0 Å². The van der Waals surface area contributed by atoms with Gasteiger partial charge in [0.05, 0.1) is 23.4 Å². The lowest BCUT2D eigenvalue weighted by Gasteiger charge is -2.44. The number of nitrogens with one attached hydrogen (secondary N) is 1. The van der Waals surface area contributed by atoms with Crippen LogP contribution in [0.4, 0.5) is 18.9 Å². The number of anilines is 1. The van der Waals surface area contributed by atoms with E-state index in [2.05, 4.69) is 15.3 Å². The maximum atomic E-state index is 15.2. The smallest absolute Gasteiger partial charge is 0.272 e. The number of piperidine rings is 1. The van der Waals surface area contributed by atoms with Crippen molar-refractivity contribution in [1.82, 2.24) is 9.88 Å². The molecule has 0 unspecified atom stereocenters. The fraction of sp³-hybridized carbons (Fsp3) is 0.263. The van der Waals surface area contributed by atoms with Crippen LogP contribution in [0.5, 0.6) is 0 Å². The van der Waals surface area contributed by atoms with E-state index in [1.165, 1.54) is 23.2 Å². The zero-order chi connectivity index (χ0) is 20.8. The molecule has 2 aliphatic rings. The van der Waals surface area contributed by atoms with Gasteiger partial charge in [0.15, 0.2) is 11.8 Å². The Morgan fingerprint density at radius 2 is 2.07 bits per heavy atom. The maximum absolute atomic E-state index is 15.2. The topological polar surface area (TPSA) is 107 Å². The monoisotopic (exact) mass is 400 g/mol. The molecule has 4 rings (SSSR count). The van der Waals surface area contributed by atoms with Gasteiger partial charge in [-0.25, -0.2) is 23.1 Å². The fourth-order valence-corrected chi connectivity index (χ4v) is 3.54. The third-order valence-electron chi connectivity index (χ3n) is 5.08. The summed E-state index contributed by atoms with van der Waals surface area (Å²) < 4.78 is 43.4. The molecule has 10 heteroatoms. The number of benzene rings is 1. The SMILES string of the molecule is N#Cc1ccc(C(=O)N2CC[C@]3(N=C(N)c4c(F)ccc(F)c4N3)[C@H](F)C2)nc1. The van der Waals surface area contributed by atoms with Crippen molar-refractivity contribution < 1.29 is 18.0 Å². The summed E-state index contributed by atoms with van der Waals surface area (Å²) in [6.07, 6.45) is -0.479. The van der Waals surface area contributed by atoms with Crippen LogP contribution in [-0.2, 0) is 0 Å². The molecular weight excluding hydrogens is 385 g/mol. The Morgan fingerprint density at radius 3 is 2.72 bits per heavy atom. The zero-order valence-corrected chi connectivity index (χ0v) is 15.0. The van der Waals surface area contributed by atoms with Gasteiger partial charge in [-0.2, -0.15) is 5.26 Å². The van der Waals surface area contributed by atoms with E-state index < -0.39 is 29.4 Å². The van der Waals surface area contributed by atoms with E-state index in [4.69, 9.17) is 11.0 Å². The van der Waals surface area contributed by atoms with Crippen LogP contribution in [0, 0.1) is 23.0 Å². The lowest BCUT2D eigenvalue weighted by Crippen LogP contribution is -2.60. The van der Waals surface area contributed by atoms with E-state index in [0.29, 0.717) is 5.56 Å². The highest BCUT2D eigenvalue weighted by Gasteiger charge is 2.48. The molecule has 1 aromatic heterocycles. The van der Waals surface area contributed by atoms with Crippen molar-refractivity contribution in [3.8, 4) is 6.07 Å². The number of amides is 1. The summed E-state index contributed by atoms with van der Waals surface area (Å²) in [5.74, 6) is -2.34. The second kappa shape index (κ2) is 6.77. The van der Waals surface area contributed by atoms with Crippen LogP contribution >= 0.6 is 0 Å². The number of hydrogen-bond acceptors (Lipinski definition) is 6. The number of rotatable bonds is 1. The van der Waals surface area contributed by atoms with Crippen LogP contribution in [0.25, 0.3) is 0 Å². The van der Waals surface area contributed by atoms with Gasteiger partial charge in [-0.1, -0.05) is 0 Å². The molecule has 7 nitrogen and oxygen atoms in total. The van der Waals surface area contributed by atoms with Crippen LogP contribution in [0.2, 0.25) is 0 Å². The number of likely N-dealkylation sites (tertiary alicyclic amines) is 1. The predicted octanol–water partition coefficient (Wildman–Crippen LogP) is 1.94. The van der Waals surface area contributed by atoms with Gasteiger partial charge < -0.3 is 16.0 Å². The summed E-state index contributed by atoms with van der Waals surface area (Å²) in [6, 6.07) is 6.59. The van der Waals surface area contributed by atoms with E-state index in [-0.39, 0.29) is 42.3 Å². The van der Waals surface area contributed by atoms with Gasteiger partial charge in [-0.3, -0.25) is 4.79 Å². The number of hydrogen-bond donors (Lipinski definition) is 2. The molecule has 1 saturated heterocycles. The largest absolute Gasteiger partial charge is 0.383 e. The molecule has 0 radical (unpaired) electrons. The first-order valence-corrected chi connectivity index (χ1v) is 8.76. The summed E-state index contributed by atoms with van der Waals surface area (Å²) >= 11 is 0. The van der Waals surface area contributed by atoms with Crippen molar-refractivity contribution in [3.05, 3.63) is 58.9 Å². The van der Waals surface area contributed by atoms with Crippen molar-refractivity contribution >= 4 is 17.4 Å². The minimum Gasteiger partial charge on any atom is -0.383 e. The molecule has 0 aliphatic carbocycles. The molecule has 1 spiro atoms. The Hall–Kier alpha value is -3.61. The van der Waals surface area contributed by atoms with Gasteiger partial charge >= 0.3 is 0 Å². The summed E-state index contributed by atoms with van der Waals surface area (Å²) in [5, 5.41) is 11.5. The lowest BCUT2D eigenvalue weighted by molar-refractivity contribution is 0.0488. The molecule has 1 aromatic carbocycles. The van der Waals surface area contributed by atoms with Crippen LogP contribution in [0.15, 0.2) is 35.5 Å². The van der Waals surface area contributed by atoms with E-state index >= 15 is 4.39 Å². The summed E-state index contributed by atoms with van der Waals surface area (Å²) in [7, 11) is 0. The van der Waals surface area contributed by atoms with Gasteiger partial charge in [0.1, 0.15) is 29.2 Å². The number of alkyl halides is 1. The highest BCUT2D eigenvalue weighted by atomic mass is 19.1. The number of aliphatic imine (C=N–C) groups is 1. The molecule has 1 fully saturated rings. The third kappa shape index (κ3) is 3.04. The first kappa shape index (κ1) is 18.7. The van der Waals surface area contributed by atoms with Gasteiger partial charge in [0.2, 0.25) is 0 Å². The number of nitrogens with zero attached hydrogens (tertiary/aromatic N) is 4. The first-order valence-electron chi connectivity index (χ1n) is 8.76. The highest BCUT2D eigenvalue weighted by Crippen LogP contribution is 2.38. The van der Waals surface area contributed by atoms with Crippen molar-refractivity contribution in [2.45, 2.75) is 18.3 Å². The van der Waals surface area contributed by atoms with Crippen molar-refractivity contribution in [1.29, 1.82) is 5.26 Å². The number of pyridine rings is 1. The van der Waals surface area contributed by atoms with Crippen LogP contribution in [0.3, 0.4) is 0 Å². The highest BCUT2D eigenvalue weighted by molar-refractivity contribution is 6.04. The Bertz CT molecular complexity index is 1060. The van der Waals surface area contributed by atoms with E-state index in [1.54, 1.807) is 0 Å². The minimum atomic E-state index is -1.73. The number of halogens is 3. The predicted molar refractivity (Wildman–Crippen MR) is 97.8 cm³/mol. The van der Waals surface area contributed by atoms with Crippen LogP contribution in [0.1, 0.15) is 28.0 Å². The van der Waals surface area contributed by atoms with Gasteiger partial charge in [-0.05, 0) is 24.3 Å². The number of amidine groups is 1. The molecule has 148 valence electrons. The standard InChI is InChI=1S/C19H15F3N6O/c20-11-2-3-12(21)16-15(11)17(24)27-19(26-16)5-6-28(9-14(19)22)18(29)13-4-1-10(7-23)8-25-13/h1-4,8,14,26H,5-6,9H2,(H2,24,27)/t14-,19+/m1/s1. The van der Waals surface area contributed by atoms with E-state index in [0.717, 1.165) is 12.1 Å². The van der Waals surface area contributed by atoms with Crippen molar-refractivity contribution in [2.24, 2.45) is 10.7 Å². The Balaban J connectivity index is 1.58. The number of nitriles is 1. The first-order chi connectivity index (χ1) is 13.8. The molecule has 3 N–H and O–H groups in total. The summed E-state index contributed by atoms with van der Waals surface area (Å²) in [5.41, 5.74) is 4.12. The molecular formula is C19H15F3N6O. The number of nitrogens with two attached hydrogens (primary N) is 1. The number of fused-ring (bicyclic) bond motifs is 1. The van der Waals surface area contributed by atoms with E-state index in [9.17, 15) is 13.6 Å². The molecule has 1 amide bonds. The summed E-state index contributed by atoms with van der Waals surface area (Å²) in [6.45, 7) is -0.243. The molecule has 3 heterocycles. The Kier molecular flexibility index (Phi) is 4.38. The average Bonchev–Trinajstić information content (AvgIpc) is 2.72. The summed E-state index contributed by atoms with van der Waals surface area (Å²) in [4.78, 5) is 21.9. The normalized spacial score (nSPS) is 23.0. The second-order valence-electron chi connectivity index (χ2n) is 6.84. The fourth-order valence-electron chi connectivity index (χ4n) is 3.54. The Labute approximate surface area is 163 Å². The minimum absolute atomic E-state index is 0.00766. The van der Waals surface area contributed by atoms with Crippen molar-refractivity contribution in [2.75, 3.05) is 18.4 Å². The molecule has 29 heavy (non-hydrogen) atoms. The lowest BCUT2D eigenvalue weighted by atomic mass is 9.91.